The highest BCUT2D eigenvalue weighted by Gasteiger charge is 2.64. The molecule has 0 spiro atoms. The number of aromatic nitrogens is 3. The van der Waals surface area contributed by atoms with Gasteiger partial charge in [-0.25, -0.2) is 0 Å². The molecule has 178 valence electrons. The molecule has 0 saturated heterocycles. The van der Waals surface area contributed by atoms with Crippen molar-refractivity contribution in [2.24, 2.45) is 46.3 Å². The molecule has 9 atom stereocenters. The number of nitrogens with zero attached hydrogens (tertiary/aromatic N) is 3. The van der Waals surface area contributed by atoms with E-state index >= 15 is 0 Å². The molecular weight excluding hydrogens is 410 g/mol. The lowest BCUT2D eigenvalue weighted by atomic mass is 9.43. The van der Waals surface area contributed by atoms with Crippen molar-refractivity contribution in [1.29, 1.82) is 0 Å². The van der Waals surface area contributed by atoms with Crippen LogP contribution in [0.2, 0.25) is 0 Å². The first-order valence-corrected chi connectivity index (χ1v) is 13.3. The van der Waals surface area contributed by atoms with Crippen LogP contribution in [0.25, 0.3) is 10.9 Å². The van der Waals surface area contributed by atoms with Crippen molar-refractivity contribution in [3.63, 3.8) is 0 Å². The van der Waals surface area contributed by atoms with Crippen LogP contribution in [0, 0.1) is 46.3 Å². The van der Waals surface area contributed by atoms with E-state index in [-0.39, 0.29) is 29.8 Å². The van der Waals surface area contributed by atoms with Gasteiger partial charge in [-0.2, -0.15) is 5.10 Å². The predicted octanol–water partition coefficient (Wildman–Crippen LogP) is 5.27. The molecule has 4 saturated carbocycles. The molecule has 4 aliphatic rings. The van der Waals surface area contributed by atoms with E-state index in [2.05, 4.69) is 30.9 Å². The van der Waals surface area contributed by atoms with Crippen LogP contribution >= 0.6 is 0 Å². The largest absolute Gasteiger partial charge is 0.393 e. The van der Waals surface area contributed by atoms with Crippen molar-refractivity contribution >= 4 is 16.7 Å². The molecule has 2 heterocycles. The van der Waals surface area contributed by atoms with Crippen molar-refractivity contribution in [3.8, 4) is 0 Å². The van der Waals surface area contributed by atoms with Crippen LogP contribution in [0.15, 0.2) is 24.7 Å². The van der Waals surface area contributed by atoms with Crippen LogP contribution in [0.3, 0.4) is 0 Å². The lowest BCUT2D eigenvalue weighted by Gasteiger charge is -2.62. The van der Waals surface area contributed by atoms with E-state index in [0.29, 0.717) is 23.2 Å². The molecule has 0 amide bonds. The molecule has 0 aromatic carbocycles. The highest BCUT2D eigenvalue weighted by atomic mass is 16.3. The van der Waals surface area contributed by atoms with Crippen molar-refractivity contribution < 1.29 is 9.90 Å². The molecule has 5 nitrogen and oxygen atoms in total. The Kier molecular flexibility index (Phi) is 5.03. The summed E-state index contributed by atoms with van der Waals surface area (Å²) in [7, 11) is 0. The molecule has 4 aliphatic carbocycles. The van der Waals surface area contributed by atoms with Crippen LogP contribution in [-0.2, 0) is 11.3 Å². The molecule has 5 heteroatoms. The SMILES string of the molecule is CC1CCC2(C)C(CCC3C2CC(O)C2(C)C(C(=O)Cn4ncc5ccncc54)CCC32)C1. The second kappa shape index (κ2) is 7.63. The van der Waals surface area contributed by atoms with Gasteiger partial charge in [-0.05, 0) is 86.0 Å². The van der Waals surface area contributed by atoms with Crippen molar-refractivity contribution in [1.82, 2.24) is 14.8 Å². The molecule has 4 fully saturated rings. The van der Waals surface area contributed by atoms with Crippen LogP contribution in [-0.4, -0.2) is 31.8 Å². The third kappa shape index (κ3) is 3.10. The number of fused-ring (bicyclic) bond motifs is 6. The lowest BCUT2D eigenvalue weighted by molar-refractivity contribution is -0.171. The minimum absolute atomic E-state index is 0.0775. The zero-order valence-electron chi connectivity index (χ0n) is 20.4. The van der Waals surface area contributed by atoms with Gasteiger partial charge in [0.15, 0.2) is 5.78 Å². The topological polar surface area (TPSA) is 68.0 Å². The van der Waals surface area contributed by atoms with E-state index in [1.807, 2.05) is 12.3 Å². The van der Waals surface area contributed by atoms with Gasteiger partial charge in [0.1, 0.15) is 6.54 Å². The highest BCUT2D eigenvalue weighted by Crippen LogP contribution is 2.67. The zero-order valence-corrected chi connectivity index (χ0v) is 20.4. The summed E-state index contributed by atoms with van der Waals surface area (Å²) in [5.41, 5.74) is 0.985. The molecule has 9 unspecified atom stereocenters. The molecule has 2 aromatic rings. The summed E-state index contributed by atoms with van der Waals surface area (Å²) in [6.07, 6.45) is 14.5. The summed E-state index contributed by atoms with van der Waals surface area (Å²) in [6, 6.07) is 1.93. The number of aliphatic hydroxyl groups excluding tert-OH is 1. The normalized spacial score (nSPS) is 44.8. The Morgan fingerprint density at radius 2 is 1.97 bits per heavy atom. The second-order valence-corrected chi connectivity index (χ2v) is 12.5. The van der Waals surface area contributed by atoms with Crippen LogP contribution < -0.4 is 0 Å². The van der Waals surface area contributed by atoms with Crippen molar-refractivity contribution in [2.75, 3.05) is 0 Å². The molecule has 33 heavy (non-hydrogen) atoms. The van der Waals surface area contributed by atoms with Crippen LogP contribution in [0.1, 0.15) is 72.1 Å². The fraction of sp³-hybridized carbons (Fsp3) is 0.750. The van der Waals surface area contributed by atoms with Crippen LogP contribution in [0.5, 0.6) is 0 Å². The number of carbonyl (C=O) groups excluding carboxylic acids is 1. The van der Waals surface area contributed by atoms with Gasteiger partial charge >= 0.3 is 0 Å². The summed E-state index contributed by atoms with van der Waals surface area (Å²) in [6.45, 7) is 7.49. The maximum absolute atomic E-state index is 13.7. The van der Waals surface area contributed by atoms with E-state index in [9.17, 15) is 9.90 Å². The van der Waals surface area contributed by atoms with E-state index in [1.165, 1.54) is 32.1 Å². The van der Waals surface area contributed by atoms with Gasteiger partial charge in [-0.15, -0.1) is 0 Å². The van der Waals surface area contributed by atoms with Gasteiger partial charge in [0, 0.05) is 22.9 Å². The van der Waals surface area contributed by atoms with Gasteiger partial charge in [0.2, 0.25) is 0 Å². The summed E-state index contributed by atoms with van der Waals surface area (Å²) in [5.74, 6) is 3.57. The summed E-state index contributed by atoms with van der Waals surface area (Å²) in [4.78, 5) is 17.9. The molecule has 2 aromatic heterocycles. The summed E-state index contributed by atoms with van der Waals surface area (Å²) in [5, 5.41) is 17.2. The number of pyridine rings is 1. The predicted molar refractivity (Wildman–Crippen MR) is 128 cm³/mol. The number of hydrogen-bond acceptors (Lipinski definition) is 4. The van der Waals surface area contributed by atoms with Gasteiger partial charge < -0.3 is 5.11 Å². The Bertz CT molecular complexity index is 1060. The van der Waals surface area contributed by atoms with E-state index in [4.69, 9.17) is 0 Å². The second-order valence-electron chi connectivity index (χ2n) is 12.5. The van der Waals surface area contributed by atoms with Gasteiger partial charge in [-0.3, -0.25) is 14.5 Å². The maximum atomic E-state index is 13.7. The number of rotatable bonds is 3. The Labute approximate surface area is 197 Å². The number of Topliss-reactive ketones (excluding diaryl/α,β-unsaturated/α-hetero) is 1. The smallest absolute Gasteiger partial charge is 0.158 e. The summed E-state index contributed by atoms with van der Waals surface area (Å²) >= 11 is 0. The Morgan fingerprint density at radius 3 is 2.82 bits per heavy atom. The van der Waals surface area contributed by atoms with Gasteiger partial charge in [0.25, 0.3) is 0 Å². The molecule has 0 bridgehead atoms. The standard InChI is InChI=1S/C28H39N3O2/c1-17-8-10-27(2)19(12-17)4-5-20-21-6-7-22(28(21,3)26(33)13-23(20)27)25(32)16-31-24-15-29-11-9-18(24)14-30-31/h9,11,14-15,17,19-23,26,33H,4-8,10,12-13,16H2,1-3H3. The van der Waals surface area contributed by atoms with Crippen molar-refractivity contribution in [3.05, 3.63) is 24.7 Å². The first-order chi connectivity index (χ1) is 15.8. The van der Waals surface area contributed by atoms with E-state index < -0.39 is 0 Å². The Hall–Kier alpha value is -1.75. The average molecular weight is 450 g/mol. The Morgan fingerprint density at radius 1 is 1.12 bits per heavy atom. The first-order valence-electron chi connectivity index (χ1n) is 13.3. The highest BCUT2D eigenvalue weighted by molar-refractivity contribution is 5.85. The minimum Gasteiger partial charge on any atom is -0.393 e. The van der Waals surface area contributed by atoms with Gasteiger partial charge in [-0.1, -0.05) is 27.2 Å². The third-order valence-electron chi connectivity index (χ3n) is 11.2. The average Bonchev–Trinajstić information content (AvgIpc) is 3.37. The molecule has 6 rings (SSSR count). The van der Waals surface area contributed by atoms with Crippen molar-refractivity contribution in [2.45, 2.75) is 84.8 Å². The monoisotopic (exact) mass is 449 g/mol. The third-order valence-corrected chi connectivity index (χ3v) is 11.2. The molecule has 1 N–H and O–H groups in total. The zero-order chi connectivity index (χ0) is 23.0. The maximum Gasteiger partial charge on any atom is 0.158 e. The van der Waals surface area contributed by atoms with Gasteiger partial charge in [0.05, 0.1) is 24.0 Å². The number of hydrogen-bond donors (Lipinski definition) is 1. The summed E-state index contributed by atoms with van der Waals surface area (Å²) < 4.78 is 1.80. The van der Waals surface area contributed by atoms with E-state index in [1.54, 1.807) is 17.1 Å². The number of aliphatic hydroxyl groups is 1. The minimum atomic E-state index is -0.383. The molecular formula is C28H39N3O2. The molecule has 0 radical (unpaired) electrons. The number of ketones is 1. The fourth-order valence-corrected chi connectivity index (χ4v) is 9.26. The van der Waals surface area contributed by atoms with Crippen LogP contribution in [0.4, 0.5) is 0 Å². The lowest BCUT2D eigenvalue weighted by Crippen LogP contribution is -2.58. The number of carbonyl (C=O) groups is 1. The Balaban J connectivity index is 1.26. The molecule has 0 aliphatic heterocycles. The quantitative estimate of drug-likeness (QED) is 0.693. The fourth-order valence-electron chi connectivity index (χ4n) is 9.26. The van der Waals surface area contributed by atoms with E-state index in [0.717, 1.165) is 42.0 Å². The first kappa shape index (κ1) is 21.8.